The minimum Gasteiger partial charge on any atom is -0.493 e. The molecule has 1 fully saturated rings. The van der Waals surface area contributed by atoms with Gasteiger partial charge in [-0.15, -0.1) is 0 Å². The second-order valence-electron chi connectivity index (χ2n) is 10.7. The van der Waals surface area contributed by atoms with Gasteiger partial charge in [0.2, 0.25) is 0 Å². The van der Waals surface area contributed by atoms with Crippen molar-refractivity contribution in [1.29, 1.82) is 5.26 Å². The summed E-state index contributed by atoms with van der Waals surface area (Å²) in [5.74, 6) is 0.341. The second kappa shape index (κ2) is 9.61. The molecule has 2 aromatic rings. The first-order valence-electron chi connectivity index (χ1n) is 12.2. The average Bonchev–Trinajstić information content (AvgIpc) is 3.49. The highest BCUT2D eigenvalue weighted by molar-refractivity contribution is 5.95. The minimum atomic E-state index is -0.804. The Hall–Kier alpha value is -3.53. The summed E-state index contributed by atoms with van der Waals surface area (Å²) in [6, 6.07) is 13.4. The van der Waals surface area contributed by atoms with E-state index in [0.29, 0.717) is 36.5 Å². The van der Waals surface area contributed by atoms with Crippen LogP contribution in [0.25, 0.3) is 0 Å². The van der Waals surface area contributed by atoms with Crippen molar-refractivity contribution in [2.75, 3.05) is 18.5 Å². The van der Waals surface area contributed by atoms with Crippen LogP contribution in [0, 0.1) is 17.2 Å². The Balaban J connectivity index is 1.49. The van der Waals surface area contributed by atoms with Crippen LogP contribution in [-0.4, -0.2) is 35.7 Å². The summed E-state index contributed by atoms with van der Waals surface area (Å²) in [6.45, 7) is 7.29. The molecule has 2 aromatic carbocycles. The number of anilines is 1. The zero-order chi connectivity index (χ0) is 25.2. The number of rotatable bonds is 8. The number of hydrogen-bond donors (Lipinski definition) is 3. The third-order valence-electron chi connectivity index (χ3n) is 6.92. The number of nitrogens with zero attached hydrogens (tertiary/aromatic N) is 1. The Labute approximate surface area is 206 Å². The van der Waals surface area contributed by atoms with Gasteiger partial charge in [0.05, 0.1) is 18.2 Å². The normalized spacial score (nSPS) is 20.3. The summed E-state index contributed by atoms with van der Waals surface area (Å²) in [4.78, 5) is 23.7. The molecule has 2 aliphatic rings. The predicted molar refractivity (Wildman–Crippen MR) is 134 cm³/mol. The van der Waals surface area contributed by atoms with Crippen molar-refractivity contribution in [1.82, 2.24) is 5.32 Å². The number of ether oxygens (including phenoxy) is 1. The molecule has 7 nitrogen and oxygen atoms in total. The molecule has 1 heterocycles. The van der Waals surface area contributed by atoms with Crippen LogP contribution in [0.2, 0.25) is 0 Å². The Morgan fingerprint density at radius 2 is 2.03 bits per heavy atom. The first-order valence-corrected chi connectivity index (χ1v) is 12.2. The smallest absolute Gasteiger partial charge is 0.303 e. The molecule has 0 saturated heterocycles. The largest absolute Gasteiger partial charge is 0.493 e. The van der Waals surface area contributed by atoms with Crippen molar-refractivity contribution >= 4 is 17.6 Å². The molecule has 184 valence electrons. The number of carboxylic acid groups (broad SMARTS) is 1. The van der Waals surface area contributed by atoms with Gasteiger partial charge in [0, 0.05) is 40.7 Å². The van der Waals surface area contributed by atoms with E-state index >= 15 is 0 Å². The van der Waals surface area contributed by atoms with E-state index in [4.69, 9.17) is 9.84 Å². The highest BCUT2D eigenvalue weighted by Gasteiger charge is 2.57. The van der Waals surface area contributed by atoms with Crippen LogP contribution >= 0.6 is 0 Å². The monoisotopic (exact) mass is 475 g/mol. The number of carbonyl (C=O) groups is 2. The van der Waals surface area contributed by atoms with Gasteiger partial charge in [0.15, 0.2) is 0 Å². The van der Waals surface area contributed by atoms with Crippen LogP contribution in [0.3, 0.4) is 0 Å². The number of nitriles is 1. The predicted octanol–water partition coefficient (Wildman–Crippen LogP) is 4.65. The summed E-state index contributed by atoms with van der Waals surface area (Å²) < 4.78 is 5.92. The van der Waals surface area contributed by atoms with Crippen LogP contribution in [0.4, 0.5) is 5.69 Å². The molecule has 1 spiro atoms. The van der Waals surface area contributed by atoms with Gasteiger partial charge in [-0.2, -0.15) is 5.26 Å². The molecule has 7 heteroatoms. The Morgan fingerprint density at radius 1 is 1.23 bits per heavy atom. The minimum absolute atomic E-state index is 0.0189. The first-order chi connectivity index (χ1) is 16.6. The first kappa shape index (κ1) is 24.6. The SMILES string of the molecule is CC(C)(C)NC(=O)c1ccc2c(c1)[C@]1(CCO2)C[C@H]1CNc1cc(C#N)ccc1CCCC(=O)O. The molecule has 1 saturated carbocycles. The third-order valence-corrected chi connectivity index (χ3v) is 6.92. The summed E-state index contributed by atoms with van der Waals surface area (Å²) >= 11 is 0. The molecular weight excluding hydrogens is 442 g/mol. The van der Waals surface area contributed by atoms with Gasteiger partial charge in [0.1, 0.15) is 5.75 Å². The topological polar surface area (TPSA) is 111 Å². The van der Waals surface area contributed by atoms with Crippen molar-refractivity contribution in [3.05, 3.63) is 58.7 Å². The highest BCUT2D eigenvalue weighted by Crippen LogP contribution is 2.60. The van der Waals surface area contributed by atoms with Gasteiger partial charge in [0.25, 0.3) is 5.91 Å². The summed E-state index contributed by atoms with van der Waals surface area (Å²) in [7, 11) is 0. The van der Waals surface area contributed by atoms with Gasteiger partial charge in [-0.25, -0.2) is 0 Å². The maximum Gasteiger partial charge on any atom is 0.303 e. The number of carboxylic acids is 1. The van der Waals surface area contributed by atoms with Gasteiger partial charge in [-0.1, -0.05) is 6.07 Å². The maximum absolute atomic E-state index is 12.8. The summed E-state index contributed by atoms with van der Waals surface area (Å²) in [5.41, 5.74) is 3.90. The molecule has 0 unspecified atom stereocenters. The van der Waals surface area contributed by atoms with Gasteiger partial charge < -0.3 is 20.5 Å². The average molecular weight is 476 g/mol. The quantitative estimate of drug-likeness (QED) is 0.513. The lowest BCUT2D eigenvalue weighted by Crippen LogP contribution is -2.40. The lowest BCUT2D eigenvalue weighted by atomic mass is 9.86. The van der Waals surface area contributed by atoms with Crippen molar-refractivity contribution in [2.24, 2.45) is 5.92 Å². The van der Waals surface area contributed by atoms with Crippen molar-refractivity contribution in [3.63, 3.8) is 0 Å². The van der Waals surface area contributed by atoms with Crippen LogP contribution in [0.5, 0.6) is 5.75 Å². The zero-order valence-corrected chi connectivity index (χ0v) is 20.6. The zero-order valence-electron chi connectivity index (χ0n) is 20.6. The van der Waals surface area contributed by atoms with E-state index in [1.165, 1.54) is 0 Å². The van der Waals surface area contributed by atoms with Crippen LogP contribution in [-0.2, 0) is 16.6 Å². The molecule has 3 N–H and O–H groups in total. The van der Waals surface area contributed by atoms with Crippen LogP contribution in [0.15, 0.2) is 36.4 Å². The fourth-order valence-electron chi connectivity index (χ4n) is 5.05. The van der Waals surface area contributed by atoms with Gasteiger partial charge in [-0.3, -0.25) is 9.59 Å². The number of fused-ring (bicyclic) bond motifs is 2. The number of benzene rings is 2. The lowest BCUT2D eigenvalue weighted by Gasteiger charge is -2.28. The number of aliphatic carboxylic acids is 1. The number of aryl methyl sites for hydroxylation is 1. The van der Waals surface area contributed by atoms with Crippen molar-refractivity contribution < 1.29 is 19.4 Å². The number of amides is 1. The fourth-order valence-corrected chi connectivity index (χ4v) is 5.05. The van der Waals surface area contributed by atoms with E-state index in [0.717, 1.165) is 42.0 Å². The van der Waals surface area contributed by atoms with E-state index in [1.54, 1.807) is 6.07 Å². The standard InChI is InChI=1S/C28H33N3O4/c1-27(2,3)31-26(34)20-9-10-24-22(14-20)28(11-12-35-24)15-21(28)17-30-23-13-18(16-29)7-8-19(23)5-4-6-25(32)33/h7-10,13-14,21,30H,4-6,11-12,15,17H2,1-3H3,(H,31,34)(H,32,33)/t21-,28+/m0/s1. The molecule has 2 atom stereocenters. The van der Waals surface area contributed by atoms with E-state index in [2.05, 4.69) is 16.7 Å². The van der Waals surface area contributed by atoms with Crippen molar-refractivity contribution in [2.45, 2.75) is 63.8 Å². The molecule has 4 rings (SSSR count). The highest BCUT2D eigenvalue weighted by atomic mass is 16.5. The molecular formula is C28H33N3O4. The molecule has 0 aromatic heterocycles. The Bertz CT molecular complexity index is 1180. The Kier molecular flexibility index (Phi) is 6.75. The molecule has 0 bridgehead atoms. The van der Waals surface area contributed by atoms with Crippen LogP contribution in [0.1, 0.15) is 73.5 Å². The van der Waals surface area contributed by atoms with Crippen LogP contribution < -0.4 is 15.4 Å². The van der Waals surface area contributed by atoms with E-state index in [-0.39, 0.29) is 23.3 Å². The van der Waals surface area contributed by atoms with Gasteiger partial charge >= 0.3 is 5.97 Å². The van der Waals surface area contributed by atoms with E-state index in [1.807, 2.05) is 51.1 Å². The molecule has 1 amide bonds. The fraction of sp³-hybridized carbons (Fsp3) is 0.464. The molecule has 0 radical (unpaired) electrons. The molecule has 35 heavy (non-hydrogen) atoms. The second-order valence-corrected chi connectivity index (χ2v) is 10.7. The third kappa shape index (κ3) is 5.59. The number of nitrogens with one attached hydrogen (secondary N) is 2. The number of hydrogen-bond acceptors (Lipinski definition) is 5. The maximum atomic E-state index is 12.8. The van der Waals surface area contributed by atoms with E-state index < -0.39 is 5.97 Å². The van der Waals surface area contributed by atoms with Gasteiger partial charge in [-0.05, 0) is 88.3 Å². The molecule has 1 aliphatic carbocycles. The lowest BCUT2D eigenvalue weighted by molar-refractivity contribution is -0.137. The summed E-state index contributed by atoms with van der Waals surface area (Å²) in [5, 5.41) is 24.9. The Morgan fingerprint density at radius 3 is 2.74 bits per heavy atom. The molecule has 1 aliphatic heterocycles. The van der Waals surface area contributed by atoms with Crippen molar-refractivity contribution in [3.8, 4) is 11.8 Å². The summed E-state index contributed by atoms with van der Waals surface area (Å²) in [6.07, 6.45) is 3.22. The number of carbonyl (C=O) groups excluding carboxylic acids is 1. The van der Waals surface area contributed by atoms with E-state index in [9.17, 15) is 14.9 Å².